The number of hydrogen-bond donors (Lipinski definition) is 2. The predicted molar refractivity (Wildman–Crippen MR) is 90.1 cm³/mol. The molecule has 0 spiro atoms. The fourth-order valence-electron chi connectivity index (χ4n) is 3.00. The predicted octanol–water partition coefficient (Wildman–Crippen LogP) is 1.19. The highest BCUT2D eigenvalue weighted by Crippen LogP contribution is 2.29. The van der Waals surface area contributed by atoms with Gasteiger partial charge in [-0.05, 0) is 54.7 Å². The number of nitrogens with two attached hydrogens (primary N) is 1. The molecule has 0 atom stereocenters. The first-order valence-corrected chi connectivity index (χ1v) is 9.36. The molecule has 1 aliphatic rings. The number of nitrogens with zero attached hydrogens (tertiary/aromatic N) is 1. The van der Waals surface area contributed by atoms with Crippen LogP contribution < -0.4 is 10.5 Å². The third-order valence-corrected chi connectivity index (χ3v) is 5.11. The maximum atomic E-state index is 12.3. The van der Waals surface area contributed by atoms with Crippen LogP contribution in [0.25, 0.3) is 0 Å². The lowest BCUT2D eigenvalue weighted by Gasteiger charge is -2.11. The van der Waals surface area contributed by atoms with Crippen LogP contribution in [-0.4, -0.2) is 25.9 Å². The molecule has 0 saturated carbocycles. The Balaban J connectivity index is 1.76. The van der Waals surface area contributed by atoms with Crippen LogP contribution in [-0.2, 0) is 29.3 Å². The lowest BCUT2D eigenvalue weighted by molar-refractivity contribution is 0.0953. The highest BCUT2D eigenvalue weighted by atomic mass is 32.2. The molecule has 1 amide bonds. The molecule has 0 bridgehead atoms. The number of carbonyl (C=O) groups excluding carboxylic acids is 1. The van der Waals surface area contributed by atoms with Gasteiger partial charge in [-0.2, -0.15) is 0 Å². The summed E-state index contributed by atoms with van der Waals surface area (Å²) in [6.07, 6.45) is 4.65. The van der Waals surface area contributed by atoms with Crippen LogP contribution in [0.4, 0.5) is 0 Å². The van der Waals surface area contributed by atoms with Crippen LogP contribution in [0.15, 0.2) is 41.4 Å². The van der Waals surface area contributed by atoms with Crippen LogP contribution in [0.2, 0.25) is 0 Å². The standard InChI is InChI=1S/C17H19N3O3S/c18-24(22,23)16-11-13(10-12-4-3-6-15(12)16)17(21)20-9-7-14-5-1-2-8-19-14/h1-2,5,8,10-11H,3-4,6-7,9H2,(H,20,21)(H2,18,22,23). The molecule has 3 rings (SSSR count). The van der Waals surface area contributed by atoms with Crippen LogP contribution in [0.3, 0.4) is 0 Å². The van der Waals surface area contributed by atoms with E-state index in [0.717, 1.165) is 29.7 Å². The Morgan fingerprint density at radius 3 is 2.79 bits per heavy atom. The number of sulfonamides is 1. The molecule has 0 fully saturated rings. The quantitative estimate of drug-likeness (QED) is 0.849. The van der Waals surface area contributed by atoms with E-state index in [0.29, 0.717) is 24.9 Å². The number of aryl methyl sites for hydroxylation is 1. The van der Waals surface area contributed by atoms with Crippen LogP contribution in [0, 0.1) is 0 Å². The zero-order chi connectivity index (χ0) is 17.2. The maximum absolute atomic E-state index is 12.3. The van der Waals surface area contributed by atoms with Gasteiger partial charge in [0.05, 0.1) is 4.90 Å². The first-order valence-electron chi connectivity index (χ1n) is 7.82. The number of nitrogens with one attached hydrogen (secondary N) is 1. The smallest absolute Gasteiger partial charge is 0.251 e. The van der Waals surface area contributed by atoms with Crippen molar-refractivity contribution >= 4 is 15.9 Å². The van der Waals surface area contributed by atoms with E-state index in [1.807, 2.05) is 18.2 Å². The monoisotopic (exact) mass is 345 g/mol. The Morgan fingerprint density at radius 1 is 1.25 bits per heavy atom. The van der Waals surface area contributed by atoms with Gasteiger partial charge in [0.25, 0.3) is 5.91 Å². The third-order valence-electron chi connectivity index (χ3n) is 4.14. The fraction of sp³-hybridized carbons (Fsp3) is 0.294. The lowest BCUT2D eigenvalue weighted by Crippen LogP contribution is -2.26. The number of benzene rings is 1. The summed E-state index contributed by atoms with van der Waals surface area (Å²) in [5.74, 6) is -0.300. The summed E-state index contributed by atoms with van der Waals surface area (Å²) in [5.41, 5.74) is 2.87. The Hall–Kier alpha value is -2.25. The number of pyridine rings is 1. The third kappa shape index (κ3) is 3.63. The van der Waals surface area contributed by atoms with Crippen molar-refractivity contribution in [3.05, 3.63) is 58.9 Å². The second-order valence-electron chi connectivity index (χ2n) is 5.84. The van der Waals surface area contributed by atoms with Gasteiger partial charge in [0.15, 0.2) is 0 Å². The minimum absolute atomic E-state index is 0.0763. The maximum Gasteiger partial charge on any atom is 0.251 e. The molecule has 1 aromatic heterocycles. The van der Waals surface area contributed by atoms with Crippen LogP contribution in [0.1, 0.15) is 33.6 Å². The summed E-state index contributed by atoms with van der Waals surface area (Å²) in [5, 5.41) is 8.11. The zero-order valence-electron chi connectivity index (χ0n) is 13.2. The molecule has 3 N–H and O–H groups in total. The normalized spacial score (nSPS) is 13.5. The average Bonchev–Trinajstić information content (AvgIpc) is 3.02. The molecule has 2 aromatic rings. The molecule has 126 valence electrons. The van der Waals surface area contributed by atoms with Gasteiger partial charge in [-0.1, -0.05) is 6.07 Å². The molecule has 1 aliphatic carbocycles. The van der Waals surface area contributed by atoms with Gasteiger partial charge in [-0.3, -0.25) is 9.78 Å². The van der Waals surface area contributed by atoms with E-state index in [4.69, 9.17) is 5.14 Å². The highest BCUT2D eigenvalue weighted by molar-refractivity contribution is 7.89. The van der Waals surface area contributed by atoms with Crippen molar-refractivity contribution in [2.24, 2.45) is 5.14 Å². The SMILES string of the molecule is NS(=O)(=O)c1cc(C(=O)NCCc2ccccn2)cc2c1CCC2. The number of fused-ring (bicyclic) bond motifs is 1. The molecular weight excluding hydrogens is 326 g/mol. The van der Waals surface area contributed by atoms with Crippen molar-refractivity contribution in [2.75, 3.05) is 6.54 Å². The van der Waals surface area contributed by atoms with E-state index in [9.17, 15) is 13.2 Å². The Labute approximate surface area is 141 Å². The summed E-state index contributed by atoms with van der Waals surface area (Å²) in [7, 11) is -3.84. The Kier molecular flexibility index (Phi) is 4.64. The summed E-state index contributed by atoms with van der Waals surface area (Å²) < 4.78 is 23.6. The molecular formula is C17H19N3O3S. The van der Waals surface area contributed by atoms with Crippen molar-refractivity contribution in [3.63, 3.8) is 0 Å². The number of primary sulfonamides is 1. The Morgan fingerprint density at radius 2 is 2.08 bits per heavy atom. The molecule has 0 radical (unpaired) electrons. The minimum Gasteiger partial charge on any atom is -0.352 e. The molecule has 0 saturated heterocycles. The van der Waals surface area contributed by atoms with Gasteiger partial charge in [-0.15, -0.1) is 0 Å². The molecule has 24 heavy (non-hydrogen) atoms. The van der Waals surface area contributed by atoms with Gasteiger partial charge in [0, 0.05) is 30.4 Å². The average molecular weight is 345 g/mol. The molecule has 0 aliphatic heterocycles. The number of hydrogen-bond acceptors (Lipinski definition) is 4. The highest BCUT2D eigenvalue weighted by Gasteiger charge is 2.23. The molecule has 7 heteroatoms. The van der Waals surface area contributed by atoms with Gasteiger partial charge >= 0.3 is 0 Å². The van der Waals surface area contributed by atoms with Crippen molar-refractivity contribution in [3.8, 4) is 0 Å². The molecule has 0 unspecified atom stereocenters. The van der Waals surface area contributed by atoms with E-state index in [1.54, 1.807) is 12.3 Å². The van der Waals surface area contributed by atoms with Gasteiger partial charge < -0.3 is 5.32 Å². The fourth-order valence-corrected chi connectivity index (χ4v) is 3.87. The van der Waals surface area contributed by atoms with E-state index in [2.05, 4.69) is 10.3 Å². The second-order valence-corrected chi connectivity index (χ2v) is 7.37. The Bertz CT molecular complexity index is 864. The van der Waals surface area contributed by atoms with E-state index < -0.39 is 10.0 Å². The van der Waals surface area contributed by atoms with Crippen molar-refractivity contribution in [2.45, 2.75) is 30.6 Å². The second kappa shape index (κ2) is 6.70. The van der Waals surface area contributed by atoms with E-state index >= 15 is 0 Å². The summed E-state index contributed by atoms with van der Waals surface area (Å²) in [4.78, 5) is 16.6. The first kappa shape index (κ1) is 16.6. The van der Waals surface area contributed by atoms with Crippen LogP contribution in [0.5, 0.6) is 0 Å². The summed E-state index contributed by atoms with van der Waals surface area (Å²) in [6, 6.07) is 8.77. The first-order chi connectivity index (χ1) is 11.4. The summed E-state index contributed by atoms with van der Waals surface area (Å²) in [6.45, 7) is 0.428. The number of aromatic nitrogens is 1. The number of rotatable bonds is 5. The summed E-state index contributed by atoms with van der Waals surface area (Å²) >= 11 is 0. The number of amides is 1. The molecule has 1 heterocycles. The van der Waals surface area contributed by atoms with Crippen molar-refractivity contribution in [1.29, 1.82) is 0 Å². The minimum atomic E-state index is -3.84. The molecule has 6 nitrogen and oxygen atoms in total. The van der Waals surface area contributed by atoms with Crippen molar-refractivity contribution < 1.29 is 13.2 Å². The van der Waals surface area contributed by atoms with Crippen LogP contribution >= 0.6 is 0 Å². The van der Waals surface area contributed by atoms with E-state index in [1.165, 1.54) is 6.07 Å². The lowest BCUT2D eigenvalue weighted by atomic mass is 10.1. The van der Waals surface area contributed by atoms with Gasteiger partial charge in [0.1, 0.15) is 0 Å². The number of carbonyl (C=O) groups is 1. The molecule has 1 aromatic carbocycles. The largest absolute Gasteiger partial charge is 0.352 e. The zero-order valence-corrected chi connectivity index (χ0v) is 14.0. The topological polar surface area (TPSA) is 102 Å². The van der Waals surface area contributed by atoms with Gasteiger partial charge in [-0.25, -0.2) is 13.6 Å². The van der Waals surface area contributed by atoms with E-state index in [-0.39, 0.29) is 10.8 Å². The van der Waals surface area contributed by atoms with Gasteiger partial charge in [0.2, 0.25) is 10.0 Å². The van der Waals surface area contributed by atoms with Crippen molar-refractivity contribution in [1.82, 2.24) is 10.3 Å².